The standard InChI is InChI=1S/C19H27FN6O2/c20-16-3-1-2-15(8-16)12-25-18(22)24-11-17(26(27)28)19(25,23)9-13-4-6-14(10-21)7-5-13/h1-3,8,11,13-14H,4-7,9-10,12,21,23H2,(H2,22,24). The van der Waals surface area contributed by atoms with Crippen molar-refractivity contribution in [3.05, 3.63) is 57.7 Å². The van der Waals surface area contributed by atoms with E-state index in [0.717, 1.165) is 31.9 Å². The van der Waals surface area contributed by atoms with E-state index in [9.17, 15) is 14.5 Å². The largest absolute Gasteiger partial charge is 0.369 e. The Kier molecular flexibility index (Phi) is 5.95. The van der Waals surface area contributed by atoms with Crippen LogP contribution in [-0.2, 0) is 6.54 Å². The second-order valence-corrected chi connectivity index (χ2v) is 7.73. The first-order valence-corrected chi connectivity index (χ1v) is 9.53. The number of nitrogens with zero attached hydrogens (tertiary/aromatic N) is 3. The molecule has 1 fully saturated rings. The van der Waals surface area contributed by atoms with Crippen LogP contribution in [-0.4, -0.2) is 28.0 Å². The molecule has 0 amide bonds. The van der Waals surface area contributed by atoms with Crippen LogP contribution in [0.3, 0.4) is 0 Å². The maximum atomic E-state index is 13.6. The van der Waals surface area contributed by atoms with Gasteiger partial charge >= 0.3 is 5.70 Å². The van der Waals surface area contributed by atoms with E-state index in [2.05, 4.69) is 4.99 Å². The molecule has 152 valence electrons. The van der Waals surface area contributed by atoms with Gasteiger partial charge in [0.15, 0.2) is 11.6 Å². The summed E-state index contributed by atoms with van der Waals surface area (Å²) in [6.45, 7) is 0.790. The van der Waals surface area contributed by atoms with Crippen molar-refractivity contribution in [3.63, 3.8) is 0 Å². The third-order valence-corrected chi connectivity index (χ3v) is 5.85. The molecule has 3 rings (SSSR count). The van der Waals surface area contributed by atoms with Crippen molar-refractivity contribution in [3.8, 4) is 0 Å². The summed E-state index contributed by atoms with van der Waals surface area (Å²) in [5.74, 6) is 0.416. The maximum absolute atomic E-state index is 13.6. The number of rotatable bonds is 6. The molecule has 1 aromatic carbocycles. The topological polar surface area (TPSA) is 137 Å². The Hall–Kier alpha value is -2.52. The number of hydrogen-bond acceptors (Lipinski definition) is 7. The molecule has 0 radical (unpaired) electrons. The molecular weight excluding hydrogens is 363 g/mol. The van der Waals surface area contributed by atoms with Crippen molar-refractivity contribution in [2.45, 2.75) is 44.3 Å². The summed E-state index contributed by atoms with van der Waals surface area (Å²) >= 11 is 0. The van der Waals surface area contributed by atoms with Gasteiger partial charge in [0.1, 0.15) is 12.0 Å². The monoisotopic (exact) mass is 390 g/mol. The minimum atomic E-state index is -1.41. The summed E-state index contributed by atoms with van der Waals surface area (Å²) in [4.78, 5) is 16.7. The summed E-state index contributed by atoms with van der Waals surface area (Å²) < 4.78 is 13.6. The van der Waals surface area contributed by atoms with Crippen LogP contribution in [0.2, 0.25) is 0 Å². The predicted molar refractivity (Wildman–Crippen MR) is 105 cm³/mol. The number of nitro groups is 1. The maximum Gasteiger partial charge on any atom is 0.304 e. The third kappa shape index (κ3) is 4.15. The number of nitrogens with two attached hydrogens (primary N) is 3. The molecule has 1 aliphatic carbocycles. The molecule has 0 aromatic heterocycles. The van der Waals surface area contributed by atoms with Gasteiger partial charge in [-0.05, 0) is 68.2 Å². The summed E-state index contributed by atoms with van der Waals surface area (Å²) in [5.41, 5.74) is 17.5. The zero-order valence-electron chi connectivity index (χ0n) is 15.8. The van der Waals surface area contributed by atoms with E-state index in [0.29, 0.717) is 24.4 Å². The molecule has 0 saturated heterocycles. The fourth-order valence-electron chi connectivity index (χ4n) is 4.22. The lowest BCUT2D eigenvalue weighted by Crippen LogP contribution is -2.64. The molecule has 1 aliphatic heterocycles. The van der Waals surface area contributed by atoms with Crippen molar-refractivity contribution >= 4 is 5.96 Å². The van der Waals surface area contributed by atoms with Gasteiger partial charge in [-0.1, -0.05) is 12.1 Å². The van der Waals surface area contributed by atoms with Gasteiger partial charge in [0, 0.05) is 6.54 Å². The SMILES string of the molecule is NCC1CCC(CC2(N)C([N+](=O)[O-])=CN=C(N)N2Cc2cccc(F)c2)CC1. The Labute approximate surface area is 163 Å². The number of benzene rings is 1. The van der Waals surface area contributed by atoms with Gasteiger partial charge in [0.05, 0.1) is 4.92 Å². The molecule has 1 aromatic rings. The van der Waals surface area contributed by atoms with Crippen LogP contribution in [0.25, 0.3) is 0 Å². The van der Waals surface area contributed by atoms with Gasteiger partial charge in [-0.3, -0.25) is 15.8 Å². The quantitative estimate of drug-likeness (QED) is 0.501. The zero-order valence-corrected chi connectivity index (χ0v) is 15.8. The Balaban J connectivity index is 1.88. The van der Waals surface area contributed by atoms with E-state index in [-0.39, 0.29) is 24.1 Å². The molecule has 1 saturated carbocycles. The number of hydrogen-bond donors (Lipinski definition) is 3. The minimum Gasteiger partial charge on any atom is -0.369 e. The first-order chi connectivity index (χ1) is 13.3. The van der Waals surface area contributed by atoms with E-state index in [1.807, 2.05) is 0 Å². The first kappa shape index (κ1) is 20.2. The van der Waals surface area contributed by atoms with E-state index in [1.165, 1.54) is 17.0 Å². The second kappa shape index (κ2) is 8.24. The lowest BCUT2D eigenvalue weighted by Gasteiger charge is -2.43. The lowest BCUT2D eigenvalue weighted by molar-refractivity contribution is -0.440. The van der Waals surface area contributed by atoms with Gasteiger partial charge in [-0.25, -0.2) is 9.38 Å². The normalized spacial score (nSPS) is 27.9. The van der Waals surface area contributed by atoms with Crippen LogP contribution in [0.4, 0.5) is 4.39 Å². The van der Waals surface area contributed by atoms with Crippen molar-refractivity contribution in [1.82, 2.24) is 4.90 Å². The van der Waals surface area contributed by atoms with Crippen LogP contribution in [0, 0.1) is 27.8 Å². The Morgan fingerprint density at radius 2 is 1.96 bits per heavy atom. The van der Waals surface area contributed by atoms with E-state index >= 15 is 0 Å². The summed E-state index contributed by atoms with van der Waals surface area (Å²) in [6, 6.07) is 6.02. The van der Waals surface area contributed by atoms with Gasteiger partial charge < -0.3 is 16.4 Å². The summed E-state index contributed by atoms with van der Waals surface area (Å²) in [5, 5.41) is 11.7. The molecule has 0 bridgehead atoms. The highest BCUT2D eigenvalue weighted by Crippen LogP contribution is 2.38. The van der Waals surface area contributed by atoms with Gasteiger partial charge in [0.2, 0.25) is 0 Å². The smallest absolute Gasteiger partial charge is 0.304 e. The van der Waals surface area contributed by atoms with Gasteiger partial charge in [-0.15, -0.1) is 0 Å². The first-order valence-electron chi connectivity index (χ1n) is 9.53. The zero-order chi connectivity index (χ0) is 20.3. The van der Waals surface area contributed by atoms with Crippen LogP contribution < -0.4 is 17.2 Å². The number of halogens is 1. The highest BCUT2D eigenvalue weighted by atomic mass is 19.1. The second-order valence-electron chi connectivity index (χ2n) is 7.73. The molecule has 2 aliphatic rings. The molecule has 1 heterocycles. The van der Waals surface area contributed by atoms with Crippen LogP contribution in [0.5, 0.6) is 0 Å². The molecule has 1 atom stereocenters. The number of aliphatic imine (C=N–C) groups is 1. The molecule has 6 N–H and O–H groups in total. The third-order valence-electron chi connectivity index (χ3n) is 5.85. The van der Waals surface area contributed by atoms with Gasteiger partial charge in [-0.2, -0.15) is 0 Å². The molecule has 8 nitrogen and oxygen atoms in total. The Morgan fingerprint density at radius 3 is 2.57 bits per heavy atom. The molecule has 0 spiro atoms. The Bertz CT molecular complexity index is 790. The highest BCUT2D eigenvalue weighted by molar-refractivity contribution is 5.81. The Morgan fingerprint density at radius 1 is 1.29 bits per heavy atom. The van der Waals surface area contributed by atoms with Gasteiger partial charge in [0.25, 0.3) is 0 Å². The van der Waals surface area contributed by atoms with Crippen LogP contribution in [0.1, 0.15) is 37.7 Å². The number of guanidine groups is 1. The summed E-state index contributed by atoms with van der Waals surface area (Å²) in [6.07, 6.45) is 5.32. The highest BCUT2D eigenvalue weighted by Gasteiger charge is 2.49. The average molecular weight is 390 g/mol. The van der Waals surface area contributed by atoms with Crippen molar-refractivity contribution in [1.29, 1.82) is 0 Å². The molecule has 9 heteroatoms. The van der Waals surface area contributed by atoms with E-state index in [1.54, 1.807) is 12.1 Å². The fourth-order valence-corrected chi connectivity index (χ4v) is 4.22. The molecular formula is C19H27FN6O2. The van der Waals surface area contributed by atoms with Crippen molar-refractivity contribution < 1.29 is 9.31 Å². The van der Waals surface area contributed by atoms with E-state index < -0.39 is 16.4 Å². The minimum absolute atomic E-state index is 0.0907. The summed E-state index contributed by atoms with van der Waals surface area (Å²) in [7, 11) is 0. The predicted octanol–water partition coefficient (Wildman–Crippen LogP) is 1.88. The molecule has 1 unspecified atom stereocenters. The molecule has 28 heavy (non-hydrogen) atoms. The van der Waals surface area contributed by atoms with E-state index in [4.69, 9.17) is 17.2 Å². The average Bonchev–Trinajstić information content (AvgIpc) is 2.65. The van der Waals surface area contributed by atoms with Crippen LogP contribution >= 0.6 is 0 Å². The fraction of sp³-hybridized carbons (Fsp3) is 0.526. The van der Waals surface area contributed by atoms with Crippen LogP contribution in [0.15, 0.2) is 41.2 Å². The lowest BCUT2D eigenvalue weighted by atomic mass is 9.77. The van der Waals surface area contributed by atoms with Crippen molar-refractivity contribution in [2.24, 2.45) is 34.0 Å². The van der Waals surface area contributed by atoms with Crippen molar-refractivity contribution in [2.75, 3.05) is 6.54 Å².